The Morgan fingerprint density at radius 3 is 2.00 bits per heavy atom. The summed E-state index contributed by atoms with van der Waals surface area (Å²) >= 11 is 0. The molecule has 0 saturated heterocycles. The molecule has 0 fully saturated rings. The van der Waals surface area contributed by atoms with Crippen LogP contribution in [0.5, 0.6) is 0 Å². The molecule has 0 spiro atoms. The van der Waals surface area contributed by atoms with E-state index in [-0.39, 0.29) is 23.0 Å². The quantitative estimate of drug-likeness (QED) is 0.494. The highest BCUT2D eigenvalue weighted by atomic mass is 32.2. The Labute approximate surface area is 191 Å². The molecule has 8 heteroatoms. The van der Waals surface area contributed by atoms with Gasteiger partial charge < -0.3 is 0 Å². The van der Waals surface area contributed by atoms with Gasteiger partial charge in [0, 0.05) is 18.7 Å². The first kappa shape index (κ1) is 24.0. The van der Waals surface area contributed by atoms with Crippen molar-refractivity contribution in [1.82, 2.24) is 4.31 Å². The van der Waals surface area contributed by atoms with Crippen molar-refractivity contribution in [3.63, 3.8) is 0 Å². The zero-order valence-electron chi connectivity index (χ0n) is 18.4. The predicted octanol–water partition coefficient (Wildman–Crippen LogP) is 4.57. The highest BCUT2D eigenvalue weighted by molar-refractivity contribution is 7.92. The van der Waals surface area contributed by atoms with Gasteiger partial charge in [-0.05, 0) is 29.2 Å². The molecular weight excluding hydrogens is 444 g/mol. The van der Waals surface area contributed by atoms with Crippen LogP contribution in [0.3, 0.4) is 0 Å². The summed E-state index contributed by atoms with van der Waals surface area (Å²) in [7, 11) is -7.49. The molecular formula is C24H28N2O4S2. The van der Waals surface area contributed by atoms with Gasteiger partial charge in [0.05, 0.1) is 16.8 Å². The predicted molar refractivity (Wildman–Crippen MR) is 129 cm³/mol. The lowest BCUT2D eigenvalue weighted by atomic mass is 10.0. The number of nitrogens with one attached hydrogen (secondary N) is 1. The first-order valence-corrected chi connectivity index (χ1v) is 13.6. The standard InChI is InChI=1S/C24H28N2O4S2/c1-19(2)17-26(18-20-10-6-4-7-11-20)32(29,30)22-14-15-23(21-12-8-5-9-13-21)24(16-22)25-31(3,27)28/h4-16,19,25H,17-18H2,1-3H3. The van der Waals surface area contributed by atoms with Gasteiger partial charge in [0.2, 0.25) is 20.0 Å². The number of hydrogen-bond acceptors (Lipinski definition) is 4. The van der Waals surface area contributed by atoms with E-state index in [1.54, 1.807) is 6.07 Å². The van der Waals surface area contributed by atoms with Gasteiger partial charge in [-0.1, -0.05) is 80.6 Å². The van der Waals surface area contributed by atoms with Crippen molar-refractivity contribution in [1.29, 1.82) is 0 Å². The van der Waals surface area contributed by atoms with Crippen molar-refractivity contribution < 1.29 is 16.8 Å². The molecule has 0 aliphatic carbocycles. The number of rotatable bonds is 9. The second kappa shape index (κ2) is 9.85. The minimum atomic E-state index is -3.87. The Bertz CT molecular complexity index is 1260. The number of sulfonamides is 2. The van der Waals surface area contributed by atoms with Gasteiger partial charge in [0.25, 0.3) is 0 Å². The maximum Gasteiger partial charge on any atom is 0.243 e. The third kappa shape index (κ3) is 6.18. The molecule has 0 bridgehead atoms. The fourth-order valence-corrected chi connectivity index (χ4v) is 5.62. The van der Waals surface area contributed by atoms with Gasteiger partial charge in [0.1, 0.15) is 0 Å². The zero-order valence-corrected chi connectivity index (χ0v) is 20.0. The molecule has 0 aromatic heterocycles. The highest BCUT2D eigenvalue weighted by Gasteiger charge is 2.27. The molecule has 0 unspecified atom stereocenters. The Morgan fingerprint density at radius 1 is 0.844 bits per heavy atom. The third-order valence-electron chi connectivity index (χ3n) is 4.78. The number of anilines is 1. The molecule has 6 nitrogen and oxygen atoms in total. The van der Waals surface area contributed by atoms with E-state index >= 15 is 0 Å². The Balaban J connectivity index is 2.07. The minimum Gasteiger partial charge on any atom is -0.283 e. The lowest BCUT2D eigenvalue weighted by Crippen LogP contribution is -2.33. The van der Waals surface area contributed by atoms with Crippen LogP contribution in [0.2, 0.25) is 0 Å². The van der Waals surface area contributed by atoms with E-state index in [0.29, 0.717) is 12.1 Å². The SMILES string of the molecule is CC(C)CN(Cc1ccccc1)S(=O)(=O)c1ccc(-c2ccccc2)c(NS(C)(=O)=O)c1. The molecule has 0 atom stereocenters. The van der Waals surface area contributed by atoms with E-state index in [9.17, 15) is 16.8 Å². The molecule has 1 N–H and O–H groups in total. The van der Waals surface area contributed by atoms with Crippen LogP contribution in [0.4, 0.5) is 5.69 Å². The van der Waals surface area contributed by atoms with Gasteiger partial charge in [-0.15, -0.1) is 0 Å². The molecule has 0 amide bonds. The van der Waals surface area contributed by atoms with Crippen molar-refractivity contribution in [2.45, 2.75) is 25.3 Å². The summed E-state index contributed by atoms with van der Waals surface area (Å²) in [6, 6.07) is 23.2. The van der Waals surface area contributed by atoms with Crippen LogP contribution in [0.15, 0.2) is 83.8 Å². The zero-order chi connectivity index (χ0) is 23.4. The van der Waals surface area contributed by atoms with Gasteiger partial charge in [0.15, 0.2) is 0 Å². The first-order chi connectivity index (χ1) is 15.1. The Morgan fingerprint density at radius 2 is 1.44 bits per heavy atom. The average Bonchev–Trinajstić information content (AvgIpc) is 2.73. The molecule has 0 aliphatic rings. The number of hydrogen-bond donors (Lipinski definition) is 1. The van der Waals surface area contributed by atoms with E-state index in [1.807, 2.05) is 74.5 Å². The van der Waals surface area contributed by atoms with E-state index in [2.05, 4.69) is 4.72 Å². The van der Waals surface area contributed by atoms with Crippen LogP contribution in [0.1, 0.15) is 19.4 Å². The maximum atomic E-state index is 13.6. The van der Waals surface area contributed by atoms with Crippen molar-refractivity contribution in [3.05, 3.63) is 84.4 Å². The summed E-state index contributed by atoms with van der Waals surface area (Å²) < 4.78 is 55.1. The molecule has 3 aromatic rings. The average molecular weight is 473 g/mol. The monoisotopic (exact) mass is 472 g/mol. The fraction of sp³-hybridized carbons (Fsp3) is 0.250. The molecule has 0 saturated carbocycles. The third-order valence-corrected chi connectivity index (χ3v) is 7.18. The molecule has 0 aliphatic heterocycles. The van der Waals surface area contributed by atoms with E-state index in [1.165, 1.54) is 16.4 Å². The molecule has 3 rings (SSSR count). The summed E-state index contributed by atoms with van der Waals surface area (Å²) in [6.45, 7) is 4.49. The van der Waals surface area contributed by atoms with Crippen molar-refractivity contribution in [2.24, 2.45) is 5.92 Å². The lowest BCUT2D eigenvalue weighted by Gasteiger charge is -2.25. The van der Waals surface area contributed by atoms with Crippen LogP contribution in [0.25, 0.3) is 11.1 Å². The van der Waals surface area contributed by atoms with Crippen LogP contribution in [-0.2, 0) is 26.6 Å². The summed E-state index contributed by atoms with van der Waals surface area (Å²) in [5.41, 5.74) is 2.50. The maximum absolute atomic E-state index is 13.6. The first-order valence-electron chi connectivity index (χ1n) is 10.3. The lowest BCUT2D eigenvalue weighted by molar-refractivity contribution is 0.362. The summed E-state index contributed by atoms with van der Waals surface area (Å²) in [4.78, 5) is 0.0416. The van der Waals surface area contributed by atoms with Crippen LogP contribution < -0.4 is 4.72 Å². The molecule has 32 heavy (non-hydrogen) atoms. The van der Waals surface area contributed by atoms with Gasteiger partial charge in [-0.25, -0.2) is 16.8 Å². The summed E-state index contributed by atoms with van der Waals surface area (Å²) in [6.07, 6.45) is 1.05. The van der Waals surface area contributed by atoms with Crippen LogP contribution in [0, 0.1) is 5.92 Å². The molecule has 170 valence electrons. The van der Waals surface area contributed by atoms with E-state index in [0.717, 1.165) is 17.4 Å². The van der Waals surface area contributed by atoms with Gasteiger partial charge in [-0.3, -0.25) is 4.72 Å². The summed E-state index contributed by atoms with van der Waals surface area (Å²) in [5.74, 6) is 0.116. The normalized spacial score (nSPS) is 12.3. The fourth-order valence-electron chi connectivity index (χ4n) is 3.43. The largest absolute Gasteiger partial charge is 0.283 e. The van der Waals surface area contributed by atoms with Crippen LogP contribution in [-0.4, -0.2) is 33.9 Å². The van der Waals surface area contributed by atoms with E-state index in [4.69, 9.17) is 0 Å². The second-order valence-electron chi connectivity index (χ2n) is 8.12. The van der Waals surface area contributed by atoms with Crippen LogP contribution >= 0.6 is 0 Å². The Kier molecular flexibility index (Phi) is 7.38. The van der Waals surface area contributed by atoms with E-state index < -0.39 is 20.0 Å². The van der Waals surface area contributed by atoms with Crippen molar-refractivity contribution in [2.75, 3.05) is 17.5 Å². The molecule has 3 aromatic carbocycles. The smallest absolute Gasteiger partial charge is 0.243 e. The number of nitrogens with zero attached hydrogens (tertiary/aromatic N) is 1. The minimum absolute atomic E-state index is 0.0416. The second-order valence-corrected chi connectivity index (χ2v) is 11.8. The highest BCUT2D eigenvalue weighted by Crippen LogP contribution is 2.32. The van der Waals surface area contributed by atoms with Gasteiger partial charge in [-0.2, -0.15) is 4.31 Å². The van der Waals surface area contributed by atoms with Gasteiger partial charge >= 0.3 is 0 Å². The topological polar surface area (TPSA) is 83.6 Å². The van der Waals surface area contributed by atoms with Crippen molar-refractivity contribution in [3.8, 4) is 11.1 Å². The molecule has 0 heterocycles. The number of benzene rings is 3. The Hall–Kier alpha value is -2.68. The summed E-state index contributed by atoms with van der Waals surface area (Å²) in [5, 5.41) is 0. The molecule has 0 radical (unpaired) electrons. The van der Waals surface area contributed by atoms with Crippen molar-refractivity contribution >= 4 is 25.7 Å².